The number of nitrogens with zero attached hydrogens (tertiary/aromatic N) is 4. The van der Waals surface area contributed by atoms with Gasteiger partial charge >= 0.3 is 0 Å². The van der Waals surface area contributed by atoms with Crippen LogP contribution in [0.4, 0.5) is 21.3 Å². The normalized spacial score (nSPS) is 12.2. The molecular formula is C16H23FN6O4S. The van der Waals surface area contributed by atoms with E-state index in [1.165, 1.54) is 17.5 Å². The van der Waals surface area contributed by atoms with Crippen LogP contribution < -0.4 is 16.0 Å². The van der Waals surface area contributed by atoms with E-state index in [9.17, 15) is 4.39 Å². The number of nitrogen functional groups attached to an aromatic ring is 1. The number of rotatable bonds is 6. The summed E-state index contributed by atoms with van der Waals surface area (Å²) in [4.78, 5) is 31.2. The highest BCUT2D eigenvalue weighted by Crippen LogP contribution is 2.21. The molecule has 28 heavy (non-hydrogen) atoms. The van der Waals surface area contributed by atoms with Gasteiger partial charge < -0.3 is 26.2 Å². The van der Waals surface area contributed by atoms with Crippen molar-refractivity contribution in [2.45, 2.75) is 25.7 Å². The summed E-state index contributed by atoms with van der Waals surface area (Å²) in [5.41, 5.74) is 6.60. The monoisotopic (exact) mass is 414 g/mol. The first-order valence-corrected chi connectivity index (χ1v) is 9.30. The second kappa shape index (κ2) is 13.2. The maximum atomic E-state index is 13.8. The first-order valence-electron chi connectivity index (χ1n) is 8.42. The van der Waals surface area contributed by atoms with Gasteiger partial charge in [0, 0.05) is 25.0 Å². The fourth-order valence-corrected chi connectivity index (χ4v) is 3.10. The van der Waals surface area contributed by atoms with E-state index in [4.69, 9.17) is 25.5 Å². The molecule has 0 spiro atoms. The first-order chi connectivity index (χ1) is 13.5. The molecule has 2 aromatic rings. The molecule has 1 saturated heterocycles. The van der Waals surface area contributed by atoms with Crippen LogP contribution in [-0.4, -0.2) is 57.7 Å². The molecule has 154 valence electrons. The molecule has 1 aliphatic rings. The van der Waals surface area contributed by atoms with Gasteiger partial charge in [0.2, 0.25) is 5.95 Å². The van der Waals surface area contributed by atoms with Crippen LogP contribution in [0.2, 0.25) is 0 Å². The molecule has 0 saturated carbocycles. The van der Waals surface area contributed by atoms with Gasteiger partial charge in [0.15, 0.2) is 16.8 Å². The zero-order valence-corrected chi connectivity index (χ0v) is 15.9. The van der Waals surface area contributed by atoms with Crippen LogP contribution in [0.5, 0.6) is 0 Å². The van der Waals surface area contributed by atoms with Crippen LogP contribution in [0.25, 0.3) is 0 Å². The highest BCUT2D eigenvalue weighted by Gasteiger charge is 2.18. The molecule has 0 aliphatic carbocycles. The number of halogens is 1. The number of aromatic nitrogens is 3. The Labute approximate surface area is 165 Å². The third-order valence-electron chi connectivity index (χ3n) is 3.59. The predicted molar refractivity (Wildman–Crippen MR) is 104 cm³/mol. The smallest absolute Gasteiger partial charge is 0.290 e. The number of aryl methyl sites for hydroxylation is 1. The predicted octanol–water partition coefficient (Wildman–Crippen LogP) is 1.70. The van der Waals surface area contributed by atoms with Crippen LogP contribution in [-0.2, 0) is 16.0 Å². The minimum absolute atomic E-state index is 0.250. The van der Waals surface area contributed by atoms with Crippen LogP contribution in [0.3, 0.4) is 0 Å². The van der Waals surface area contributed by atoms with Crippen molar-refractivity contribution < 1.29 is 24.2 Å². The summed E-state index contributed by atoms with van der Waals surface area (Å²) in [5, 5.41) is 19.5. The summed E-state index contributed by atoms with van der Waals surface area (Å²) >= 11 is 1.45. The van der Waals surface area contributed by atoms with E-state index in [2.05, 4.69) is 20.3 Å². The maximum Gasteiger partial charge on any atom is 0.290 e. The summed E-state index contributed by atoms with van der Waals surface area (Å²) in [6, 6.07) is 0. The zero-order chi connectivity index (χ0) is 20.8. The van der Waals surface area contributed by atoms with Gasteiger partial charge in [0.1, 0.15) is 0 Å². The number of hydrogen-bond donors (Lipinski definition) is 4. The van der Waals surface area contributed by atoms with Gasteiger partial charge in [0.25, 0.3) is 12.9 Å². The molecule has 10 nitrogen and oxygen atoms in total. The van der Waals surface area contributed by atoms with Crippen molar-refractivity contribution in [1.29, 1.82) is 0 Å². The van der Waals surface area contributed by atoms with E-state index in [0.717, 1.165) is 44.5 Å². The Balaban J connectivity index is 0.000000582. The van der Waals surface area contributed by atoms with Crippen LogP contribution in [0, 0.1) is 5.82 Å². The maximum absolute atomic E-state index is 13.8. The lowest BCUT2D eigenvalue weighted by Crippen LogP contribution is -2.21. The third kappa shape index (κ3) is 8.12. The highest BCUT2D eigenvalue weighted by molar-refractivity contribution is 7.13. The number of hydrogen-bond acceptors (Lipinski definition) is 9. The minimum Gasteiger partial charge on any atom is -0.483 e. The molecule has 3 heterocycles. The van der Waals surface area contributed by atoms with Crippen molar-refractivity contribution in [2.75, 3.05) is 35.6 Å². The summed E-state index contributed by atoms with van der Waals surface area (Å²) in [5.74, 6) is 0.522. The molecule has 0 radical (unpaired) electrons. The van der Waals surface area contributed by atoms with Crippen LogP contribution >= 0.6 is 11.3 Å². The van der Waals surface area contributed by atoms with Crippen LogP contribution in [0.15, 0.2) is 11.6 Å². The summed E-state index contributed by atoms with van der Waals surface area (Å²) in [7, 11) is 0. The van der Waals surface area contributed by atoms with Gasteiger partial charge in [-0.15, -0.1) is 11.3 Å². The van der Waals surface area contributed by atoms with Crippen LogP contribution in [0.1, 0.15) is 25.0 Å². The fraction of sp³-hybridized carbons (Fsp3) is 0.438. The molecule has 0 atom stereocenters. The largest absolute Gasteiger partial charge is 0.483 e. The second-order valence-corrected chi connectivity index (χ2v) is 6.37. The minimum atomic E-state index is -0.356. The molecule has 1 aliphatic heterocycles. The Morgan fingerprint density at radius 1 is 1.25 bits per heavy atom. The second-order valence-electron chi connectivity index (χ2n) is 5.48. The van der Waals surface area contributed by atoms with Gasteiger partial charge in [-0.25, -0.2) is 14.4 Å². The third-order valence-corrected chi connectivity index (χ3v) is 4.32. The molecular weight excluding hydrogens is 391 g/mol. The lowest BCUT2D eigenvalue weighted by Gasteiger charge is -2.17. The molecule has 0 aromatic carbocycles. The van der Waals surface area contributed by atoms with E-state index in [1.807, 2.05) is 10.3 Å². The van der Waals surface area contributed by atoms with Gasteiger partial charge in [0.05, 0.1) is 11.9 Å². The highest BCUT2D eigenvalue weighted by atomic mass is 32.1. The van der Waals surface area contributed by atoms with Gasteiger partial charge in [-0.1, -0.05) is 0 Å². The number of nitrogens with one attached hydrogen (secondary N) is 1. The number of carbonyl (C=O) groups is 2. The van der Waals surface area contributed by atoms with Crippen molar-refractivity contribution >= 4 is 41.2 Å². The molecule has 2 aromatic heterocycles. The van der Waals surface area contributed by atoms with Crippen molar-refractivity contribution in [3.8, 4) is 0 Å². The van der Waals surface area contributed by atoms with Gasteiger partial charge in [-0.05, 0) is 25.7 Å². The first kappa shape index (κ1) is 23.0. The molecule has 0 amide bonds. The van der Waals surface area contributed by atoms with Crippen molar-refractivity contribution in [3.05, 3.63) is 23.1 Å². The average molecular weight is 414 g/mol. The van der Waals surface area contributed by atoms with Crippen molar-refractivity contribution in [1.82, 2.24) is 15.0 Å². The molecule has 1 fully saturated rings. The number of carboxylic acid groups (broad SMARTS) is 2. The molecule has 5 N–H and O–H groups in total. The average Bonchev–Trinajstić information content (AvgIpc) is 3.33. The van der Waals surface area contributed by atoms with E-state index >= 15 is 0 Å². The topological polar surface area (TPSA) is 155 Å². The standard InChI is InChI=1S/C14H19FN6S.2CH2O2/c15-11-8-18-14(20-12(11)21-6-1-2-7-21)17-5-3-4-10-9-22-13(16)19-10;2*2-1-3/h8-9H,1-7H2,(H2,16,19)(H,17,18,20);2*1H,(H,2,3). The Morgan fingerprint density at radius 2 is 1.89 bits per heavy atom. The molecule has 0 unspecified atom stereocenters. The number of nitrogens with two attached hydrogens (primary N) is 1. The summed E-state index contributed by atoms with van der Waals surface area (Å²) in [6.07, 6.45) is 5.15. The number of anilines is 3. The SMILES string of the molecule is Nc1nc(CCCNc2ncc(F)c(N3CCCC3)n2)cs1.O=CO.O=CO. The van der Waals surface area contributed by atoms with Crippen molar-refractivity contribution in [3.63, 3.8) is 0 Å². The molecule has 0 bridgehead atoms. The molecule has 3 rings (SSSR count). The fourth-order valence-electron chi connectivity index (χ4n) is 2.50. The summed E-state index contributed by atoms with van der Waals surface area (Å²) < 4.78 is 13.8. The van der Waals surface area contributed by atoms with E-state index in [0.29, 0.717) is 23.4 Å². The van der Waals surface area contributed by atoms with Gasteiger partial charge in [-0.2, -0.15) is 4.98 Å². The van der Waals surface area contributed by atoms with E-state index in [1.54, 1.807) is 0 Å². The van der Waals surface area contributed by atoms with E-state index in [-0.39, 0.29) is 18.8 Å². The van der Waals surface area contributed by atoms with Crippen molar-refractivity contribution in [2.24, 2.45) is 0 Å². The molecule has 12 heteroatoms. The Kier molecular flexibility index (Phi) is 10.8. The Hall–Kier alpha value is -3.02. The quantitative estimate of drug-likeness (QED) is 0.405. The van der Waals surface area contributed by atoms with Gasteiger partial charge in [-0.3, -0.25) is 9.59 Å². The lowest BCUT2D eigenvalue weighted by atomic mass is 10.2. The Bertz CT molecular complexity index is 721. The van der Waals surface area contributed by atoms with E-state index < -0.39 is 0 Å². The zero-order valence-electron chi connectivity index (χ0n) is 15.1. The Morgan fingerprint density at radius 3 is 2.46 bits per heavy atom. The summed E-state index contributed by atoms with van der Waals surface area (Å²) in [6.45, 7) is 1.93. The number of thiazole rings is 1. The lowest BCUT2D eigenvalue weighted by molar-refractivity contribution is -0.123.